The van der Waals surface area contributed by atoms with Gasteiger partial charge in [0.2, 0.25) is 0 Å². The van der Waals surface area contributed by atoms with E-state index in [2.05, 4.69) is 62.4 Å². The average molecular weight is 266 g/mol. The number of rotatable bonds is 5. The summed E-state index contributed by atoms with van der Waals surface area (Å²) in [6.45, 7) is 6.22. The molecule has 0 aromatic heterocycles. The summed E-state index contributed by atoms with van der Waals surface area (Å²) >= 11 is 0. The van der Waals surface area contributed by atoms with Crippen molar-refractivity contribution in [1.82, 2.24) is 0 Å². The standard InChI is InChI=1S/C19H22O/c1-4-16-7-9-17(10-8-16)13-19(3,14-20)18-11-5-15(2)6-12-18/h5-12,14H,4,13H2,1-3H3. The molecule has 1 unspecified atom stereocenters. The number of hydrogen-bond donors (Lipinski definition) is 0. The van der Waals surface area contributed by atoms with E-state index in [0.717, 1.165) is 24.7 Å². The van der Waals surface area contributed by atoms with Gasteiger partial charge in [-0.15, -0.1) is 0 Å². The van der Waals surface area contributed by atoms with Crippen LogP contribution in [0.1, 0.15) is 36.1 Å². The number of carbonyl (C=O) groups is 1. The molecule has 0 spiro atoms. The van der Waals surface area contributed by atoms with Crippen LogP contribution >= 0.6 is 0 Å². The van der Waals surface area contributed by atoms with Crippen LogP contribution in [0.15, 0.2) is 48.5 Å². The van der Waals surface area contributed by atoms with Crippen LogP contribution in [0.2, 0.25) is 0 Å². The van der Waals surface area contributed by atoms with Gasteiger partial charge in [-0.25, -0.2) is 0 Å². The van der Waals surface area contributed by atoms with Gasteiger partial charge in [-0.05, 0) is 43.4 Å². The molecule has 104 valence electrons. The van der Waals surface area contributed by atoms with Gasteiger partial charge < -0.3 is 4.79 Å². The van der Waals surface area contributed by atoms with E-state index in [9.17, 15) is 4.79 Å². The maximum atomic E-state index is 11.6. The summed E-state index contributed by atoms with van der Waals surface area (Å²) in [5, 5.41) is 0. The lowest BCUT2D eigenvalue weighted by atomic mass is 9.78. The second-order valence-electron chi connectivity index (χ2n) is 5.75. The minimum atomic E-state index is -0.457. The Morgan fingerprint density at radius 2 is 1.50 bits per heavy atom. The van der Waals surface area contributed by atoms with Crippen molar-refractivity contribution in [3.63, 3.8) is 0 Å². The van der Waals surface area contributed by atoms with E-state index in [1.54, 1.807) is 0 Å². The molecule has 1 atom stereocenters. The van der Waals surface area contributed by atoms with Gasteiger partial charge in [0.15, 0.2) is 0 Å². The predicted molar refractivity (Wildman–Crippen MR) is 84.1 cm³/mol. The van der Waals surface area contributed by atoms with E-state index in [4.69, 9.17) is 0 Å². The first kappa shape index (κ1) is 14.5. The molecule has 1 heteroatoms. The van der Waals surface area contributed by atoms with Crippen molar-refractivity contribution in [3.05, 3.63) is 70.8 Å². The fraction of sp³-hybridized carbons (Fsp3) is 0.316. The normalized spacial score (nSPS) is 13.8. The first-order valence-corrected chi connectivity index (χ1v) is 7.18. The molecule has 0 aliphatic carbocycles. The van der Waals surface area contributed by atoms with E-state index >= 15 is 0 Å². The molecule has 2 rings (SSSR count). The van der Waals surface area contributed by atoms with Crippen molar-refractivity contribution in [2.24, 2.45) is 0 Å². The third kappa shape index (κ3) is 3.16. The van der Waals surface area contributed by atoms with Crippen molar-refractivity contribution < 1.29 is 4.79 Å². The van der Waals surface area contributed by atoms with Gasteiger partial charge in [-0.2, -0.15) is 0 Å². The molecular formula is C19H22O. The lowest BCUT2D eigenvalue weighted by Crippen LogP contribution is -2.26. The van der Waals surface area contributed by atoms with Crippen LogP contribution in [-0.4, -0.2) is 6.29 Å². The van der Waals surface area contributed by atoms with E-state index in [0.29, 0.717) is 0 Å². The monoisotopic (exact) mass is 266 g/mol. The maximum absolute atomic E-state index is 11.6. The van der Waals surface area contributed by atoms with Crippen molar-refractivity contribution in [1.29, 1.82) is 0 Å². The molecule has 0 bridgehead atoms. The van der Waals surface area contributed by atoms with E-state index in [1.807, 2.05) is 6.92 Å². The third-order valence-corrected chi connectivity index (χ3v) is 3.97. The molecule has 20 heavy (non-hydrogen) atoms. The molecule has 0 fully saturated rings. The van der Waals surface area contributed by atoms with Gasteiger partial charge in [0, 0.05) is 0 Å². The van der Waals surface area contributed by atoms with Crippen LogP contribution in [0.5, 0.6) is 0 Å². The molecular weight excluding hydrogens is 244 g/mol. The SMILES string of the molecule is CCc1ccc(CC(C)(C=O)c2ccc(C)cc2)cc1. The van der Waals surface area contributed by atoms with Crippen LogP contribution in [0, 0.1) is 6.92 Å². The zero-order chi connectivity index (χ0) is 14.6. The number of hydrogen-bond acceptors (Lipinski definition) is 1. The number of carbonyl (C=O) groups excluding carboxylic acids is 1. The number of aryl methyl sites for hydroxylation is 2. The smallest absolute Gasteiger partial charge is 0.130 e. The minimum Gasteiger partial charge on any atom is -0.302 e. The lowest BCUT2D eigenvalue weighted by molar-refractivity contribution is -0.112. The Morgan fingerprint density at radius 3 is 2.00 bits per heavy atom. The van der Waals surface area contributed by atoms with Gasteiger partial charge >= 0.3 is 0 Å². The first-order valence-electron chi connectivity index (χ1n) is 7.18. The third-order valence-electron chi connectivity index (χ3n) is 3.97. The van der Waals surface area contributed by atoms with Gasteiger partial charge in [-0.1, -0.05) is 61.0 Å². The van der Waals surface area contributed by atoms with Crippen LogP contribution < -0.4 is 0 Å². The maximum Gasteiger partial charge on any atom is 0.130 e. The zero-order valence-electron chi connectivity index (χ0n) is 12.5. The molecule has 0 heterocycles. The Bertz CT molecular complexity index is 566. The molecule has 0 aliphatic rings. The number of benzene rings is 2. The highest BCUT2D eigenvalue weighted by Crippen LogP contribution is 2.26. The van der Waals surface area contributed by atoms with Crippen molar-refractivity contribution in [2.75, 3.05) is 0 Å². The molecule has 0 N–H and O–H groups in total. The highest BCUT2D eigenvalue weighted by Gasteiger charge is 2.26. The van der Waals surface area contributed by atoms with Crippen molar-refractivity contribution in [2.45, 2.75) is 39.0 Å². The minimum absolute atomic E-state index is 0.457. The molecule has 0 aliphatic heterocycles. The fourth-order valence-corrected chi connectivity index (χ4v) is 2.46. The van der Waals surface area contributed by atoms with Crippen molar-refractivity contribution in [3.8, 4) is 0 Å². The fourth-order valence-electron chi connectivity index (χ4n) is 2.46. The molecule has 0 radical (unpaired) electrons. The second-order valence-corrected chi connectivity index (χ2v) is 5.75. The Morgan fingerprint density at radius 1 is 0.950 bits per heavy atom. The predicted octanol–water partition coefficient (Wildman–Crippen LogP) is 4.26. The van der Waals surface area contributed by atoms with Crippen LogP contribution in [0.4, 0.5) is 0 Å². The molecule has 2 aromatic rings. The summed E-state index contributed by atoms with van der Waals surface area (Å²) in [7, 11) is 0. The quantitative estimate of drug-likeness (QED) is 0.739. The van der Waals surface area contributed by atoms with E-state index in [1.165, 1.54) is 16.7 Å². The van der Waals surface area contributed by atoms with Gasteiger partial charge in [0.05, 0.1) is 5.41 Å². The highest BCUT2D eigenvalue weighted by atomic mass is 16.1. The van der Waals surface area contributed by atoms with E-state index in [-0.39, 0.29) is 0 Å². The number of aldehydes is 1. The Hall–Kier alpha value is -1.89. The van der Waals surface area contributed by atoms with Crippen LogP contribution in [0.3, 0.4) is 0 Å². The molecule has 0 saturated carbocycles. The highest BCUT2D eigenvalue weighted by molar-refractivity contribution is 5.68. The summed E-state index contributed by atoms with van der Waals surface area (Å²) in [5.74, 6) is 0. The van der Waals surface area contributed by atoms with Crippen LogP contribution in [-0.2, 0) is 23.1 Å². The van der Waals surface area contributed by atoms with Gasteiger partial charge in [0.1, 0.15) is 6.29 Å². The van der Waals surface area contributed by atoms with Gasteiger partial charge in [-0.3, -0.25) is 0 Å². The Labute approximate surface area is 121 Å². The summed E-state index contributed by atoms with van der Waals surface area (Å²) < 4.78 is 0. The lowest BCUT2D eigenvalue weighted by Gasteiger charge is -2.24. The summed E-state index contributed by atoms with van der Waals surface area (Å²) in [5.41, 5.74) is 4.38. The molecule has 2 aromatic carbocycles. The Kier molecular flexibility index (Phi) is 4.39. The summed E-state index contributed by atoms with van der Waals surface area (Å²) in [6.07, 6.45) is 2.86. The average Bonchev–Trinajstić information content (AvgIpc) is 2.48. The first-order chi connectivity index (χ1) is 9.57. The summed E-state index contributed by atoms with van der Waals surface area (Å²) in [6, 6.07) is 16.8. The topological polar surface area (TPSA) is 17.1 Å². The second kappa shape index (κ2) is 6.04. The molecule has 1 nitrogen and oxygen atoms in total. The zero-order valence-corrected chi connectivity index (χ0v) is 12.5. The van der Waals surface area contributed by atoms with Crippen LogP contribution in [0.25, 0.3) is 0 Å². The Balaban J connectivity index is 2.26. The largest absolute Gasteiger partial charge is 0.302 e. The van der Waals surface area contributed by atoms with Gasteiger partial charge in [0.25, 0.3) is 0 Å². The van der Waals surface area contributed by atoms with Crippen molar-refractivity contribution >= 4 is 6.29 Å². The molecule has 0 saturated heterocycles. The molecule has 0 amide bonds. The summed E-state index contributed by atoms with van der Waals surface area (Å²) in [4.78, 5) is 11.6. The van der Waals surface area contributed by atoms with E-state index < -0.39 is 5.41 Å².